The second kappa shape index (κ2) is 10.7. The summed E-state index contributed by atoms with van der Waals surface area (Å²) in [4.78, 5) is 26.0. The molecule has 2 atom stereocenters. The van der Waals surface area contributed by atoms with E-state index in [2.05, 4.69) is 5.32 Å². The van der Waals surface area contributed by atoms with Crippen molar-refractivity contribution >= 4 is 12.0 Å². The third-order valence-corrected chi connectivity index (χ3v) is 5.57. The third-order valence-electron chi connectivity index (χ3n) is 5.57. The Morgan fingerprint density at radius 1 is 1.21 bits per heavy atom. The lowest BCUT2D eigenvalue weighted by atomic mass is 9.96. The summed E-state index contributed by atoms with van der Waals surface area (Å²) >= 11 is 0. The van der Waals surface area contributed by atoms with Crippen molar-refractivity contribution in [2.45, 2.75) is 64.9 Å². The Morgan fingerprint density at radius 2 is 1.94 bits per heavy atom. The average Bonchev–Trinajstić information content (AvgIpc) is 3.12. The molecule has 33 heavy (non-hydrogen) atoms. The number of aryl methyl sites for hydroxylation is 1. The molecule has 1 saturated heterocycles. The van der Waals surface area contributed by atoms with Gasteiger partial charge in [-0.1, -0.05) is 36.4 Å². The molecule has 0 aliphatic carbocycles. The summed E-state index contributed by atoms with van der Waals surface area (Å²) < 4.78 is 11.1. The topological polar surface area (TPSA) is 88.1 Å². The molecule has 0 saturated carbocycles. The predicted molar refractivity (Wildman–Crippen MR) is 126 cm³/mol. The number of likely N-dealkylation sites (tertiary alicyclic amines) is 1. The fourth-order valence-corrected chi connectivity index (χ4v) is 3.99. The van der Waals surface area contributed by atoms with Gasteiger partial charge in [-0.2, -0.15) is 0 Å². The molecule has 2 unspecified atom stereocenters. The standard InChI is InChI=1S/C26H34N2O5/c1-18-16-20(32-17-19-8-6-5-7-9-19)10-11-21(18)24(30)22-12-13-23(29)28(22)15-14-27-25(31)33-26(2,3)4/h5-11,16,22,24,30H,12-15,17H2,1-4H3,(H,27,31). The number of carbonyl (C=O) groups excluding carboxylic acids is 2. The monoisotopic (exact) mass is 454 g/mol. The Kier molecular flexibility index (Phi) is 7.97. The van der Waals surface area contributed by atoms with Gasteiger partial charge in [0.05, 0.1) is 12.1 Å². The number of nitrogens with zero attached hydrogens (tertiary/aromatic N) is 1. The minimum absolute atomic E-state index is 0.0227. The minimum atomic E-state index is -0.818. The highest BCUT2D eigenvalue weighted by molar-refractivity contribution is 5.79. The number of hydrogen-bond donors (Lipinski definition) is 2. The number of hydrogen-bond acceptors (Lipinski definition) is 5. The van der Waals surface area contributed by atoms with Gasteiger partial charge in [0.15, 0.2) is 0 Å². The maximum absolute atomic E-state index is 12.4. The summed E-state index contributed by atoms with van der Waals surface area (Å²) in [6.45, 7) is 8.36. The summed E-state index contributed by atoms with van der Waals surface area (Å²) in [5, 5.41) is 13.8. The number of benzene rings is 2. The van der Waals surface area contributed by atoms with Crippen molar-refractivity contribution in [1.29, 1.82) is 0 Å². The molecule has 2 aromatic carbocycles. The van der Waals surface area contributed by atoms with Gasteiger partial charge in [-0.15, -0.1) is 0 Å². The SMILES string of the molecule is Cc1cc(OCc2ccccc2)ccc1C(O)C1CCC(=O)N1CCNC(=O)OC(C)(C)C. The summed E-state index contributed by atoms with van der Waals surface area (Å²) in [7, 11) is 0. The van der Waals surface area contributed by atoms with Gasteiger partial charge in [-0.3, -0.25) is 4.79 Å². The van der Waals surface area contributed by atoms with E-state index in [0.717, 1.165) is 22.4 Å². The highest BCUT2D eigenvalue weighted by Crippen LogP contribution is 2.33. The number of amides is 2. The maximum atomic E-state index is 12.4. The first-order valence-corrected chi connectivity index (χ1v) is 11.4. The predicted octanol–water partition coefficient (Wildman–Crippen LogP) is 4.12. The van der Waals surface area contributed by atoms with Crippen LogP contribution in [0.15, 0.2) is 48.5 Å². The van der Waals surface area contributed by atoms with Crippen LogP contribution in [0.2, 0.25) is 0 Å². The molecule has 7 nitrogen and oxygen atoms in total. The summed E-state index contributed by atoms with van der Waals surface area (Å²) in [5.74, 6) is 0.707. The van der Waals surface area contributed by atoms with Gasteiger partial charge in [0.1, 0.15) is 18.0 Å². The first-order valence-electron chi connectivity index (χ1n) is 11.4. The first-order chi connectivity index (χ1) is 15.6. The molecule has 178 valence electrons. The van der Waals surface area contributed by atoms with E-state index >= 15 is 0 Å². The van der Waals surface area contributed by atoms with E-state index in [1.54, 1.807) is 25.7 Å². The van der Waals surface area contributed by atoms with Crippen LogP contribution in [0.3, 0.4) is 0 Å². The lowest BCUT2D eigenvalue weighted by Gasteiger charge is -2.30. The molecule has 1 aliphatic heterocycles. The second-order valence-corrected chi connectivity index (χ2v) is 9.36. The number of rotatable bonds is 8. The first kappa shape index (κ1) is 24.6. The third kappa shape index (κ3) is 6.96. The van der Waals surface area contributed by atoms with Crippen LogP contribution in [0.25, 0.3) is 0 Å². The van der Waals surface area contributed by atoms with Crippen molar-refractivity contribution in [2.24, 2.45) is 0 Å². The van der Waals surface area contributed by atoms with Crippen LogP contribution in [0, 0.1) is 6.92 Å². The molecule has 0 spiro atoms. The number of aliphatic hydroxyl groups excluding tert-OH is 1. The van der Waals surface area contributed by atoms with Gasteiger partial charge in [0.25, 0.3) is 0 Å². The van der Waals surface area contributed by atoms with Gasteiger partial charge in [-0.05, 0) is 62.9 Å². The number of aliphatic hydroxyl groups is 1. The van der Waals surface area contributed by atoms with Crippen molar-refractivity contribution < 1.29 is 24.2 Å². The molecule has 0 radical (unpaired) electrons. The molecule has 1 aliphatic rings. The second-order valence-electron chi connectivity index (χ2n) is 9.36. The highest BCUT2D eigenvalue weighted by Gasteiger charge is 2.36. The van der Waals surface area contributed by atoms with Crippen LogP contribution < -0.4 is 10.1 Å². The van der Waals surface area contributed by atoms with Crippen LogP contribution in [0.4, 0.5) is 4.79 Å². The zero-order valence-corrected chi connectivity index (χ0v) is 19.8. The number of nitrogens with one attached hydrogen (secondary N) is 1. The van der Waals surface area contributed by atoms with E-state index in [1.165, 1.54) is 0 Å². The minimum Gasteiger partial charge on any atom is -0.489 e. The van der Waals surface area contributed by atoms with Crippen LogP contribution in [-0.2, 0) is 16.1 Å². The molecule has 7 heteroatoms. The van der Waals surface area contributed by atoms with Crippen molar-refractivity contribution in [2.75, 3.05) is 13.1 Å². The zero-order valence-electron chi connectivity index (χ0n) is 19.8. The molecule has 0 bridgehead atoms. The van der Waals surface area contributed by atoms with Crippen molar-refractivity contribution in [1.82, 2.24) is 10.2 Å². The molecule has 2 aromatic rings. The Balaban J connectivity index is 1.59. The molecule has 1 heterocycles. The van der Waals surface area contributed by atoms with E-state index in [1.807, 2.05) is 55.5 Å². The van der Waals surface area contributed by atoms with Crippen molar-refractivity contribution in [3.8, 4) is 5.75 Å². The van der Waals surface area contributed by atoms with Crippen LogP contribution in [0.5, 0.6) is 5.75 Å². The van der Waals surface area contributed by atoms with E-state index in [0.29, 0.717) is 26.0 Å². The summed E-state index contributed by atoms with van der Waals surface area (Å²) in [6, 6.07) is 15.2. The Labute approximate surface area is 195 Å². The van der Waals surface area contributed by atoms with Crippen molar-refractivity contribution in [3.63, 3.8) is 0 Å². The van der Waals surface area contributed by atoms with Gasteiger partial charge >= 0.3 is 6.09 Å². The number of carbonyl (C=O) groups is 2. The van der Waals surface area contributed by atoms with Gasteiger partial charge in [-0.25, -0.2) is 4.79 Å². The molecule has 0 aromatic heterocycles. The average molecular weight is 455 g/mol. The van der Waals surface area contributed by atoms with Gasteiger partial charge in [0.2, 0.25) is 5.91 Å². The smallest absolute Gasteiger partial charge is 0.407 e. The highest BCUT2D eigenvalue weighted by atomic mass is 16.6. The van der Waals surface area contributed by atoms with Crippen LogP contribution in [-0.4, -0.2) is 46.7 Å². The van der Waals surface area contributed by atoms with Crippen molar-refractivity contribution in [3.05, 3.63) is 65.2 Å². The fraction of sp³-hybridized carbons (Fsp3) is 0.462. The molecule has 2 N–H and O–H groups in total. The van der Waals surface area contributed by atoms with E-state index < -0.39 is 17.8 Å². The number of alkyl carbamates (subject to hydrolysis) is 1. The quantitative estimate of drug-likeness (QED) is 0.626. The Morgan fingerprint density at radius 3 is 2.61 bits per heavy atom. The van der Waals surface area contributed by atoms with Crippen LogP contribution >= 0.6 is 0 Å². The molecular weight excluding hydrogens is 420 g/mol. The maximum Gasteiger partial charge on any atom is 0.407 e. The van der Waals surface area contributed by atoms with Gasteiger partial charge in [0, 0.05) is 19.5 Å². The Hall–Kier alpha value is -3.06. The number of ether oxygens (including phenoxy) is 2. The van der Waals surface area contributed by atoms with E-state index in [4.69, 9.17) is 9.47 Å². The van der Waals surface area contributed by atoms with E-state index in [9.17, 15) is 14.7 Å². The molecule has 3 rings (SSSR count). The lowest BCUT2D eigenvalue weighted by Crippen LogP contribution is -2.43. The van der Waals surface area contributed by atoms with E-state index in [-0.39, 0.29) is 18.5 Å². The van der Waals surface area contributed by atoms with Gasteiger partial charge < -0.3 is 24.8 Å². The summed E-state index contributed by atoms with van der Waals surface area (Å²) in [5.41, 5.74) is 2.17. The Bertz CT molecular complexity index is 955. The summed E-state index contributed by atoms with van der Waals surface area (Å²) in [6.07, 6.45) is -0.391. The zero-order chi connectivity index (χ0) is 24.0. The van der Waals surface area contributed by atoms with Crippen LogP contribution in [0.1, 0.15) is 56.4 Å². The normalized spacial score (nSPS) is 17.1. The molecular formula is C26H34N2O5. The lowest BCUT2D eigenvalue weighted by molar-refractivity contribution is -0.130. The molecule has 1 fully saturated rings. The largest absolute Gasteiger partial charge is 0.489 e. The molecule has 2 amide bonds. The fourth-order valence-electron chi connectivity index (χ4n) is 3.99.